The molecule has 0 radical (unpaired) electrons. The van der Waals surface area contributed by atoms with Gasteiger partial charge >= 0.3 is 12.3 Å². The van der Waals surface area contributed by atoms with Gasteiger partial charge in [0.25, 0.3) is 0 Å². The Morgan fingerprint density at radius 2 is 1.96 bits per heavy atom. The summed E-state index contributed by atoms with van der Waals surface area (Å²) < 4.78 is 62.1. The molecule has 4 nitrogen and oxygen atoms in total. The van der Waals surface area contributed by atoms with Crippen LogP contribution in [0.5, 0.6) is 0 Å². The molecule has 1 amide bonds. The number of nitrogens with zero attached hydrogens (tertiary/aromatic N) is 1. The summed E-state index contributed by atoms with van der Waals surface area (Å²) in [5.41, 5.74) is -1.59. The van der Waals surface area contributed by atoms with Gasteiger partial charge in [-0.3, -0.25) is 0 Å². The molecule has 1 unspecified atom stereocenters. The third-order valence-electron chi connectivity index (χ3n) is 3.65. The molecule has 140 valence electrons. The van der Waals surface area contributed by atoms with Gasteiger partial charge in [-0.25, -0.2) is 9.18 Å². The fraction of sp³-hybridized carbons (Fsp3) is 0.588. The van der Waals surface area contributed by atoms with Gasteiger partial charge in [-0.1, -0.05) is 6.07 Å². The van der Waals surface area contributed by atoms with E-state index in [0.717, 1.165) is 12.1 Å². The summed E-state index contributed by atoms with van der Waals surface area (Å²) in [5, 5.41) is 0. The first-order chi connectivity index (χ1) is 11.5. The highest BCUT2D eigenvalue weighted by Gasteiger charge is 2.32. The van der Waals surface area contributed by atoms with Crippen molar-refractivity contribution in [2.24, 2.45) is 0 Å². The zero-order valence-corrected chi connectivity index (χ0v) is 14.3. The number of carbonyl (C=O) groups excluding carboxylic acids is 1. The summed E-state index contributed by atoms with van der Waals surface area (Å²) in [4.78, 5) is 13.4. The van der Waals surface area contributed by atoms with Crippen molar-refractivity contribution in [2.45, 2.75) is 51.7 Å². The average molecular weight is 363 g/mol. The zero-order valence-electron chi connectivity index (χ0n) is 14.3. The number of ether oxygens (including phenoxy) is 2. The second-order valence-corrected chi connectivity index (χ2v) is 6.95. The Morgan fingerprint density at radius 3 is 2.52 bits per heavy atom. The minimum Gasteiger partial charge on any atom is -0.444 e. The van der Waals surface area contributed by atoms with Crippen LogP contribution in [0.15, 0.2) is 18.2 Å². The second kappa shape index (κ2) is 7.19. The number of rotatable bonds is 3. The van der Waals surface area contributed by atoms with Crippen molar-refractivity contribution in [3.8, 4) is 0 Å². The molecular formula is C17H21F4NO3. The molecular weight excluding hydrogens is 342 g/mol. The van der Waals surface area contributed by atoms with Gasteiger partial charge in [0.15, 0.2) is 0 Å². The zero-order chi connectivity index (χ0) is 18.8. The van der Waals surface area contributed by atoms with Crippen LogP contribution in [0.4, 0.5) is 22.4 Å². The van der Waals surface area contributed by atoms with Crippen molar-refractivity contribution in [1.82, 2.24) is 4.90 Å². The molecule has 1 heterocycles. The van der Waals surface area contributed by atoms with Crippen LogP contribution >= 0.6 is 0 Å². The van der Waals surface area contributed by atoms with E-state index in [1.807, 2.05) is 0 Å². The topological polar surface area (TPSA) is 38.8 Å². The fourth-order valence-electron chi connectivity index (χ4n) is 2.40. The van der Waals surface area contributed by atoms with Crippen molar-refractivity contribution < 1.29 is 31.8 Å². The molecule has 1 fully saturated rings. The minimum absolute atomic E-state index is 0.0451. The lowest BCUT2D eigenvalue weighted by Gasteiger charge is -2.24. The van der Waals surface area contributed by atoms with E-state index in [1.54, 1.807) is 20.8 Å². The molecule has 0 aromatic heterocycles. The summed E-state index contributed by atoms with van der Waals surface area (Å²) in [5.74, 6) is -0.961. The molecule has 0 spiro atoms. The molecule has 0 N–H and O–H groups in total. The number of benzene rings is 1. The Bertz CT molecular complexity index is 625. The Balaban J connectivity index is 1.88. The quantitative estimate of drug-likeness (QED) is 0.749. The van der Waals surface area contributed by atoms with Gasteiger partial charge in [-0.15, -0.1) is 0 Å². The van der Waals surface area contributed by atoms with Crippen molar-refractivity contribution >= 4 is 6.09 Å². The highest BCUT2D eigenvalue weighted by atomic mass is 19.4. The lowest BCUT2D eigenvalue weighted by molar-refractivity contribution is -0.137. The summed E-state index contributed by atoms with van der Waals surface area (Å²) in [7, 11) is 0. The Morgan fingerprint density at radius 1 is 1.28 bits per heavy atom. The highest BCUT2D eigenvalue weighted by Crippen LogP contribution is 2.30. The van der Waals surface area contributed by atoms with Crippen LogP contribution in [-0.4, -0.2) is 35.8 Å². The molecule has 1 saturated heterocycles. The summed E-state index contributed by atoms with van der Waals surface area (Å²) in [6.45, 7) is 5.90. The largest absolute Gasteiger partial charge is 0.444 e. The van der Waals surface area contributed by atoms with Crippen LogP contribution < -0.4 is 0 Å². The lowest BCUT2D eigenvalue weighted by Crippen LogP contribution is -2.36. The number of likely N-dealkylation sites (tertiary alicyclic amines) is 1. The van der Waals surface area contributed by atoms with Gasteiger partial charge in [0.2, 0.25) is 0 Å². The average Bonchev–Trinajstić information content (AvgIpc) is 2.92. The van der Waals surface area contributed by atoms with Crippen molar-refractivity contribution in [1.29, 1.82) is 0 Å². The molecule has 25 heavy (non-hydrogen) atoms. The predicted molar refractivity (Wildman–Crippen MR) is 82.4 cm³/mol. The molecule has 1 aromatic rings. The van der Waals surface area contributed by atoms with Gasteiger partial charge in [0.1, 0.15) is 11.4 Å². The highest BCUT2D eigenvalue weighted by molar-refractivity contribution is 5.68. The van der Waals surface area contributed by atoms with E-state index in [0.29, 0.717) is 25.6 Å². The molecule has 0 bridgehead atoms. The van der Waals surface area contributed by atoms with Crippen LogP contribution in [0, 0.1) is 5.82 Å². The van der Waals surface area contributed by atoms with Gasteiger partial charge in [-0.2, -0.15) is 13.2 Å². The van der Waals surface area contributed by atoms with Crippen LogP contribution in [0.1, 0.15) is 38.3 Å². The number of hydrogen-bond acceptors (Lipinski definition) is 3. The van der Waals surface area contributed by atoms with Crippen molar-refractivity contribution in [2.75, 3.05) is 13.1 Å². The smallest absolute Gasteiger partial charge is 0.416 e. The van der Waals surface area contributed by atoms with Crippen LogP contribution in [0.25, 0.3) is 0 Å². The predicted octanol–water partition coefficient (Wildman–Crippen LogP) is 4.37. The van der Waals surface area contributed by atoms with E-state index in [2.05, 4.69) is 0 Å². The van der Waals surface area contributed by atoms with E-state index < -0.39 is 29.3 Å². The summed E-state index contributed by atoms with van der Waals surface area (Å²) >= 11 is 0. The molecule has 0 aliphatic carbocycles. The first-order valence-corrected chi connectivity index (χ1v) is 7.91. The van der Waals surface area contributed by atoms with E-state index in [4.69, 9.17) is 9.47 Å². The van der Waals surface area contributed by atoms with Crippen LogP contribution in [0.3, 0.4) is 0 Å². The van der Waals surface area contributed by atoms with Crippen LogP contribution in [0.2, 0.25) is 0 Å². The Kier molecular flexibility index (Phi) is 5.61. The first kappa shape index (κ1) is 19.5. The van der Waals surface area contributed by atoms with Gasteiger partial charge in [-0.05, 0) is 39.3 Å². The first-order valence-electron chi connectivity index (χ1n) is 7.91. The summed E-state index contributed by atoms with van der Waals surface area (Å²) in [6.07, 6.45) is -4.78. The SMILES string of the molecule is CC(C)(C)OC(=O)N1CCC(OCc2ccc(C(F)(F)F)cc2F)C1. The van der Waals surface area contributed by atoms with E-state index in [1.165, 1.54) is 4.90 Å². The number of carbonyl (C=O) groups is 1. The normalized spacial score (nSPS) is 18.5. The lowest BCUT2D eigenvalue weighted by atomic mass is 10.1. The van der Waals surface area contributed by atoms with Gasteiger partial charge < -0.3 is 14.4 Å². The molecule has 0 saturated carbocycles. The van der Waals surface area contributed by atoms with E-state index >= 15 is 0 Å². The van der Waals surface area contributed by atoms with Gasteiger partial charge in [0.05, 0.1) is 24.8 Å². The number of hydrogen-bond donors (Lipinski definition) is 0. The molecule has 8 heteroatoms. The van der Waals surface area contributed by atoms with Crippen molar-refractivity contribution in [3.05, 3.63) is 35.1 Å². The fourth-order valence-corrected chi connectivity index (χ4v) is 2.40. The third kappa shape index (κ3) is 5.59. The maximum absolute atomic E-state index is 13.8. The molecule has 1 aliphatic rings. The maximum Gasteiger partial charge on any atom is 0.416 e. The van der Waals surface area contributed by atoms with Gasteiger partial charge in [0, 0.05) is 12.1 Å². The monoisotopic (exact) mass is 363 g/mol. The standard InChI is InChI=1S/C17H21F4NO3/c1-16(2,3)25-15(23)22-7-6-13(9-22)24-10-11-4-5-12(8-14(11)18)17(19,20)21/h4-5,8,13H,6-7,9-10H2,1-3H3. The Labute approximate surface area is 143 Å². The number of alkyl halides is 3. The summed E-state index contributed by atoms with van der Waals surface area (Å²) in [6, 6.07) is 2.35. The minimum atomic E-state index is -4.58. The number of halogens is 4. The molecule has 2 rings (SSSR count). The molecule has 1 atom stereocenters. The molecule has 1 aliphatic heterocycles. The number of amides is 1. The van der Waals surface area contributed by atoms with E-state index in [9.17, 15) is 22.4 Å². The maximum atomic E-state index is 13.8. The Hall–Kier alpha value is -1.83. The molecule has 1 aromatic carbocycles. The van der Waals surface area contributed by atoms with Crippen molar-refractivity contribution in [3.63, 3.8) is 0 Å². The second-order valence-electron chi connectivity index (χ2n) is 6.95. The third-order valence-corrected chi connectivity index (χ3v) is 3.65. The van der Waals surface area contributed by atoms with Crippen LogP contribution in [-0.2, 0) is 22.3 Å². The van der Waals surface area contributed by atoms with E-state index in [-0.39, 0.29) is 18.3 Å².